The molecule has 0 spiro atoms. The van der Waals surface area contributed by atoms with Crippen LogP contribution >= 0.6 is 0 Å². The van der Waals surface area contributed by atoms with Crippen molar-refractivity contribution in [1.29, 1.82) is 0 Å². The fourth-order valence-electron chi connectivity index (χ4n) is 5.51. The average molecular weight is 587 g/mol. The molecular weight excluding hydrogens is 554 g/mol. The molecule has 6 rings (SSSR count). The second-order valence-electron chi connectivity index (χ2n) is 10.9. The molecule has 43 heavy (non-hydrogen) atoms. The van der Waals surface area contributed by atoms with Gasteiger partial charge in [-0.2, -0.15) is 10.2 Å². The third-order valence-electron chi connectivity index (χ3n) is 8.10. The first kappa shape index (κ1) is 28.3. The normalized spacial score (nSPS) is 15.1. The summed E-state index contributed by atoms with van der Waals surface area (Å²) in [5.41, 5.74) is 2.79. The van der Waals surface area contributed by atoms with Crippen molar-refractivity contribution in [3.8, 4) is 5.69 Å². The zero-order valence-electron chi connectivity index (χ0n) is 23.9. The molecule has 0 radical (unpaired) electrons. The summed E-state index contributed by atoms with van der Waals surface area (Å²) in [6.07, 6.45) is 3.99. The largest absolute Gasteiger partial charge is 0.381 e. The fraction of sp³-hybridized carbons (Fsp3) is 0.290. The Morgan fingerprint density at radius 1 is 0.791 bits per heavy atom. The van der Waals surface area contributed by atoms with Gasteiger partial charge in [0.1, 0.15) is 36.2 Å². The molecular formula is C31H32F2N8O2. The van der Waals surface area contributed by atoms with E-state index in [1.807, 2.05) is 24.3 Å². The van der Waals surface area contributed by atoms with Crippen LogP contribution in [0.25, 0.3) is 5.69 Å². The van der Waals surface area contributed by atoms with Crippen molar-refractivity contribution >= 4 is 11.4 Å². The quantitative estimate of drug-likeness (QED) is 0.298. The van der Waals surface area contributed by atoms with Gasteiger partial charge in [0.05, 0.1) is 18.8 Å². The minimum absolute atomic E-state index is 0.187. The number of hydrogen-bond acceptors (Lipinski definition) is 7. The first-order chi connectivity index (χ1) is 20.7. The molecule has 1 aliphatic rings. The van der Waals surface area contributed by atoms with Crippen LogP contribution in [-0.4, -0.2) is 60.4 Å². The molecule has 10 nitrogen and oxygen atoms in total. The van der Waals surface area contributed by atoms with Crippen LogP contribution < -0.4 is 15.5 Å². The number of halogens is 2. The smallest absolute Gasteiger partial charge is 0.350 e. The predicted molar refractivity (Wildman–Crippen MR) is 158 cm³/mol. The van der Waals surface area contributed by atoms with Gasteiger partial charge in [-0.15, -0.1) is 0 Å². The van der Waals surface area contributed by atoms with Crippen molar-refractivity contribution in [3.63, 3.8) is 0 Å². The van der Waals surface area contributed by atoms with Crippen molar-refractivity contribution in [2.24, 2.45) is 0 Å². The molecule has 222 valence electrons. The molecule has 5 aromatic rings. The van der Waals surface area contributed by atoms with Crippen LogP contribution in [0.5, 0.6) is 0 Å². The number of aromatic nitrogens is 6. The van der Waals surface area contributed by atoms with E-state index < -0.39 is 29.5 Å². The fourth-order valence-corrected chi connectivity index (χ4v) is 5.51. The van der Waals surface area contributed by atoms with Crippen LogP contribution in [0, 0.1) is 25.5 Å². The Morgan fingerprint density at radius 2 is 1.47 bits per heavy atom. The van der Waals surface area contributed by atoms with Gasteiger partial charge in [0.15, 0.2) is 0 Å². The van der Waals surface area contributed by atoms with E-state index in [1.165, 1.54) is 45.0 Å². The van der Waals surface area contributed by atoms with E-state index in [1.54, 1.807) is 0 Å². The molecule has 3 heterocycles. The highest BCUT2D eigenvalue weighted by atomic mass is 19.1. The molecule has 1 aliphatic heterocycles. The van der Waals surface area contributed by atoms with Gasteiger partial charge in [-0.3, -0.25) is 0 Å². The molecule has 1 saturated heterocycles. The predicted octanol–water partition coefficient (Wildman–Crippen LogP) is 3.44. The van der Waals surface area contributed by atoms with Gasteiger partial charge in [0.25, 0.3) is 0 Å². The van der Waals surface area contributed by atoms with Crippen LogP contribution in [-0.2, 0) is 18.7 Å². The molecule has 3 aromatic carbocycles. The molecule has 0 saturated carbocycles. The summed E-state index contributed by atoms with van der Waals surface area (Å²) >= 11 is 0. The Morgan fingerprint density at radius 3 is 2.12 bits per heavy atom. The van der Waals surface area contributed by atoms with Gasteiger partial charge >= 0.3 is 5.69 Å². The molecule has 2 aromatic heterocycles. The lowest BCUT2D eigenvalue weighted by atomic mass is 9.93. The van der Waals surface area contributed by atoms with E-state index in [0.29, 0.717) is 11.8 Å². The summed E-state index contributed by atoms with van der Waals surface area (Å²) in [7, 11) is 0. The van der Waals surface area contributed by atoms with Crippen molar-refractivity contribution < 1.29 is 13.9 Å². The van der Waals surface area contributed by atoms with Gasteiger partial charge in [-0.1, -0.05) is 12.1 Å². The van der Waals surface area contributed by atoms with E-state index in [0.717, 1.165) is 48.7 Å². The Hall–Kier alpha value is -4.84. The number of rotatable bonds is 8. The summed E-state index contributed by atoms with van der Waals surface area (Å²) < 4.78 is 32.2. The highest BCUT2D eigenvalue weighted by Crippen LogP contribution is 2.28. The van der Waals surface area contributed by atoms with E-state index in [2.05, 4.69) is 57.0 Å². The highest BCUT2D eigenvalue weighted by molar-refractivity contribution is 5.55. The lowest BCUT2D eigenvalue weighted by molar-refractivity contribution is -0.00948. The SMILES string of the molecule is Cc1ccc(N2CCN(c3ccc(-n4cnn(CC(O)(Cn5cncn5)c5ccc(F)cc5F)c4=O)cc3)CC2)cc1C. The van der Waals surface area contributed by atoms with E-state index in [-0.39, 0.29) is 12.1 Å². The van der Waals surface area contributed by atoms with E-state index >= 15 is 0 Å². The highest BCUT2D eigenvalue weighted by Gasteiger charge is 2.35. The van der Waals surface area contributed by atoms with Crippen LogP contribution in [0.15, 0.2) is 84.4 Å². The summed E-state index contributed by atoms with van der Waals surface area (Å²) in [5, 5.41) is 19.8. The lowest BCUT2D eigenvalue weighted by Crippen LogP contribution is -2.46. The van der Waals surface area contributed by atoms with Crippen LogP contribution in [0.1, 0.15) is 16.7 Å². The molecule has 1 atom stereocenters. The van der Waals surface area contributed by atoms with Gasteiger partial charge in [-0.25, -0.2) is 32.5 Å². The molecule has 1 fully saturated rings. The summed E-state index contributed by atoms with van der Waals surface area (Å²) in [6.45, 7) is 7.17. The first-order valence-electron chi connectivity index (χ1n) is 14.0. The van der Waals surface area contributed by atoms with Crippen molar-refractivity contribution in [2.75, 3.05) is 36.0 Å². The van der Waals surface area contributed by atoms with Gasteiger partial charge < -0.3 is 14.9 Å². The summed E-state index contributed by atoms with van der Waals surface area (Å²) in [6, 6.07) is 17.1. The third kappa shape index (κ3) is 5.78. The number of piperazine rings is 1. The van der Waals surface area contributed by atoms with Crippen molar-refractivity contribution in [3.05, 3.63) is 118 Å². The van der Waals surface area contributed by atoms with Crippen LogP contribution in [0.3, 0.4) is 0 Å². The Labute approximate surface area is 247 Å². The maximum Gasteiger partial charge on any atom is 0.350 e. The average Bonchev–Trinajstić information content (AvgIpc) is 3.64. The molecule has 12 heteroatoms. The van der Waals surface area contributed by atoms with Crippen LogP contribution in [0.2, 0.25) is 0 Å². The molecule has 0 bridgehead atoms. The third-order valence-corrected chi connectivity index (χ3v) is 8.10. The zero-order valence-corrected chi connectivity index (χ0v) is 23.9. The molecule has 0 amide bonds. The zero-order chi connectivity index (χ0) is 30.1. The second-order valence-corrected chi connectivity index (χ2v) is 10.9. The van der Waals surface area contributed by atoms with Gasteiger partial charge in [0, 0.05) is 49.2 Å². The number of aliphatic hydroxyl groups is 1. The van der Waals surface area contributed by atoms with Crippen molar-refractivity contribution in [2.45, 2.75) is 32.5 Å². The standard InChI is InChI=1S/C31H32F2N8O2/c1-22-3-5-27(15-23(22)2)38-13-11-37(12-14-38)25-6-8-26(9-7-25)40-21-36-41(30(40)42)18-31(43,17-39-20-34-19-35-39)28-10-4-24(32)16-29(28)33/h3-10,15-16,19-21,43H,11-14,17-18H2,1-2H3. The Kier molecular flexibility index (Phi) is 7.53. The number of hydrogen-bond donors (Lipinski definition) is 1. The molecule has 1 N–H and O–H groups in total. The summed E-state index contributed by atoms with van der Waals surface area (Å²) in [4.78, 5) is 21.9. The first-order valence-corrected chi connectivity index (χ1v) is 14.0. The second kappa shape index (κ2) is 11.4. The Balaban J connectivity index is 1.18. The topological polar surface area (TPSA) is 97.2 Å². The number of benzene rings is 3. The lowest BCUT2D eigenvalue weighted by Gasteiger charge is -2.37. The number of nitrogens with zero attached hydrogens (tertiary/aromatic N) is 8. The molecule has 0 aliphatic carbocycles. The molecule has 1 unspecified atom stereocenters. The van der Waals surface area contributed by atoms with Gasteiger partial charge in [-0.05, 0) is 67.4 Å². The minimum atomic E-state index is -1.97. The van der Waals surface area contributed by atoms with Crippen molar-refractivity contribution in [1.82, 2.24) is 29.1 Å². The maximum absolute atomic E-state index is 14.8. The summed E-state index contributed by atoms with van der Waals surface area (Å²) in [5.74, 6) is -1.72. The van der Waals surface area contributed by atoms with Crippen LogP contribution in [0.4, 0.5) is 20.2 Å². The minimum Gasteiger partial charge on any atom is -0.381 e. The van der Waals surface area contributed by atoms with Gasteiger partial charge in [0.2, 0.25) is 0 Å². The maximum atomic E-state index is 14.8. The van der Waals surface area contributed by atoms with E-state index in [9.17, 15) is 18.7 Å². The number of anilines is 2. The number of aryl methyl sites for hydroxylation is 2. The van der Waals surface area contributed by atoms with E-state index in [4.69, 9.17) is 0 Å². The Bertz CT molecular complexity index is 1780. The monoisotopic (exact) mass is 586 g/mol.